The summed E-state index contributed by atoms with van der Waals surface area (Å²) in [7, 11) is 2.17. The number of para-hydroxylation sites is 1. The molecule has 1 saturated heterocycles. The minimum Gasteiger partial charge on any atom is -0.396 e. The third-order valence-corrected chi connectivity index (χ3v) is 6.66. The molecule has 2 aromatic carbocycles. The highest BCUT2D eigenvalue weighted by Crippen LogP contribution is 2.35. The van der Waals surface area contributed by atoms with E-state index in [-0.39, 0.29) is 18.8 Å². The number of hydrogen-bond donors (Lipinski definition) is 1. The molecule has 0 spiro atoms. The number of thiazole rings is 1. The number of aliphatic hydroxyl groups is 1. The first kappa shape index (κ1) is 21.2. The minimum absolute atomic E-state index is 0.151. The van der Waals surface area contributed by atoms with Crippen molar-refractivity contribution in [2.45, 2.75) is 37.9 Å². The largest absolute Gasteiger partial charge is 0.396 e. The van der Waals surface area contributed by atoms with E-state index < -0.39 is 0 Å². The molecule has 0 aliphatic carbocycles. The van der Waals surface area contributed by atoms with E-state index >= 15 is 0 Å². The number of aromatic nitrogens is 1. The molecule has 4 rings (SSSR count). The zero-order chi connectivity index (χ0) is 20.8. The number of fused-ring (bicyclic) bond motifs is 1. The van der Waals surface area contributed by atoms with Crippen LogP contribution in [-0.2, 0) is 4.74 Å². The van der Waals surface area contributed by atoms with Crippen molar-refractivity contribution < 1.29 is 9.84 Å². The predicted octanol–water partition coefficient (Wildman–Crippen LogP) is 5.28. The second-order valence-electron chi connectivity index (χ2n) is 7.98. The second-order valence-corrected chi connectivity index (χ2v) is 9.04. The molecule has 0 saturated carbocycles. The number of rotatable bonds is 8. The van der Waals surface area contributed by atoms with Gasteiger partial charge in [-0.25, -0.2) is 4.98 Å². The highest BCUT2D eigenvalue weighted by atomic mass is 32.1. The van der Waals surface area contributed by atoms with Gasteiger partial charge in [0, 0.05) is 19.7 Å². The maximum Gasteiger partial charge on any atom is 0.134 e. The Morgan fingerprint density at radius 3 is 2.83 bits per heavy atom. The molecule has 1 atom stereocenters. The molecule has 4 nitrogen and oxygen atoms in total. The summed E-state index contributed by atoms with van der Waals surface area (Å²) in [6.45, 7) is 2.38. The van der Waals surface area contributed by atoms with E-state index in [0.717, 1.165) is 60.4 Å². The van der Waals surface area contributed by atoms with Crippen molar-refractivity contribution >= 4 is 27.6 Å². The van der Waals surface area contributed by atoms with E-state index in [9.17, 15) is 0 Å². The Morgan fingerprint density at radius 1 is 1.20 bits per heavy atom. The van der Waals surface area contributed by atoms with Crippen molar-refractivity contribution in [2.24, 2.45) is 0 Å². The van der Waals surface area contributed by atoms with Crippen LogP contribution in [0.5, 0.6) is 0 Å². The van der Waals surface area contributed by atoms with Crippen molar-refractivity contribution in [2.75, 3.05) is 26.7 Å². The van der Waals surface area contributed by atoms with Gasteiger partial charge in [0.15, 0.2) is 0 Å². The first-order valence-electron chi connectivity index (χ1n) is 10.8. The number of nitrogens with zero attached hydrogens (tertiary/aromatic N) is 2. The van der Waals surface area contributed by atoms with E-state index in [1.165, 1.54) is 4.70 Å². The standard InChI is InChI=1S/C25H30N2O2S/c1-27-15-13-21(14-16-27)29-24(25-26-22-11-4-5-12-23(22)30-25)20-10-7-9-19(18-20)8-3-2-6-17-28/h3-5,7-12,18,21,24,28H,2,6,13-17H2,1H3. The lowest BCUT2D eigenvalue weighted by Crippen LogP contribution is -2.35. The van der Waals surface area contributed by atoms with Crippen LogP contribution in [0.15, 0.2) is 54.6 Å². The average molecular weight is 423 g/mol. The van der Waals surface area contributed by atoms with Gasteiger partial charge in [0.25, 0.3) is 0 Å². The Morgan fingerprint density at radius 2 is 2.03 bits per heavy atom. The summed E-state index contributed by atoms with van der Waals surface area (Å²) in [4.78, 5) is 7.29. The van der Waals surface area contributed by atoms with Crippen molar-refractivity contribution in [3.8, 4) is 0 Å². The summed E-state index contributed by atoms with van der Waals surface area (Å²) >= 11 is 1.73. The van der Waals surface area contributed by atoms with E-state index in [1.54, 1.807) is 11.3 Å². The number of piperidine rings is 1. The lowest BCUT2D eigenvalue weighted by Gasteiger charge is -2.31. The quantitative estimate of drug-likeness (QED) is 0.502. The molecule has 1 aliphatic heterocycles. The molecule has 1 fully saturated rings. The third kappa shape index (κ3) is 5.35. The number of benzene rings is 2. The van der Waals surface area contributed by atoms with Gasteiger partial charge in [-0.05, 0) is 62.1 Å². The topological polar surface area (TPSA) is 45.6 Å². The van der Waals surface area contributed by atoms with Gasteiger partial charge in [-0.15, -0.1) is 11.3 Å². The zero-order valence-electron chi connectivity index (χ0n) is 17.5. The maximum atomic E-state index is 8.98. The van der Waals surface area contributed by atoms with Gasteiger partial charge < -0.3 is 14.7 Å². The SMILES string of the molecule is CN1CCC(OC(c2cccc(C=CCCCO)c2)c2nc3ccccc3s2)CC1. The molecule has 1 aliphatic rings. The first-order chi connectivity index (χ1) is 14.7. The van der Waals surface area contributed by atoms with Crippen LogP contribution in [0.1, 0.15) is 47.9 Å². The summed E-state index contributed by atoms with van der Waals surface area (Å²) in [6, 6.07) is 16.9. The van der Waals surface area contributed by atoms with Crippen LogP contribution in [0.4, 0.5) is 0 Å². The van der Waals surface area contributed by atoms with Crippen molar-refractivity contribution in [3.63, 3.8) is 0 Å². The number of allylic oxidation sites excluding steroid dienone is 1. The number of aliphatic hydroxyl groups excluding tert-OH is 1. The Hall–Kier alpha value is -2.05. The summed E-state index contributed by atoms with van der Waals surface area (Å²) in [5.41, 5.74) is 3.34. The molecule has 5 heteroatoms. The molecule has 0 bridgehead atoms. The van der Waals surface area contributed by atoms with Crippen LogP contribution in [0.2, 0.25) is 0 Å². The van der Waals surface area contributed by atoms with Gasteiger partial charge >= 0.3 is 0 Å². The molecule has 1 N–H and O–H groups in total. The molecule has 158 valence electrons. The van der Waals surface area contributed by atoms with Crippen molar-refractivity contribution in [3.05, 3.63) is 70.7 Å². The van der Waals surface area contributed by atoms with Gasteiger partial charge in [-0.3, -0.25) is 0 Å². The van der Waals surface area contributed by atoms with E-state index in [4.69, 9.17) is 14.8 Å². The molecule has 2 heterocycles. The fraction of sp³-hybridized carbons (Fsp3) is 0.400. The molecular formula is C25H30N2O2S. The maximum absolute atomic E-state index is 8.98. The van der Waals surface area contributed by atoms with Gasteiger partial charge in [-0.2, -0.15) is 0 Å². The Balaban J connectivity index is 1.62. The van der Waals surface area contributed by atoms with Crippen LogP contribution in [0.3, 0.4) is 0 Å². The molecule has 0 amide bonds. The van der Waals surface area contributed by atoms with Gasteiger partial charge in [-0.1, -0.05) is 42.5 Å². The van der Waals surface area contributed by atoms with Crippen molar-refractivity contribution in [1.29, 1.82) is 0 Å². The first-order valence-corrected chi connectivity index (χ1v) is 11.6. The highest BCUT2D eigenvalue weighted by Gasteiger charge is 2.26. The molecule has 1 aromatic heterocycles. The van der Waals surface area contributed by atoms with Crippen LogP contribution in [0.25, 0.3) is 16.3 Å². The fourth-order valence-electron chi connectivity index (χ4n) is 3.85. The normalized spacial score (nSPS) is 17.1. The van der Waals surface area contributed by atoms with E-state index in [0.29, 0.717) is 0 Å². The number of unbranched alkanes of at least 4 members (excludes halogenated alkanes) is 1. The summed E-state index contributed by atoms with van der Waals surface area (Å²) in [5.74, 6) is 0. The predicted molar refractivity (Wildman–Crippen MR) is 125 cm³/mol. The Kier molecular flexibility index (Phi) is 7.28. The lowest BCUT2D eigenvalue weighted by molar-refractivity contribution is -0.0234. The number of hydrogen-bond acceptors (Lipinski definition) is 5. The lowest BCUT2D eigenvalue weighted by atomic mass is 10.0. The average Bonchev–Trinajstić information content (AvgIpc) is 3.20. The third-order valence-electron chi connectivity index (χ3n) is 5.58. The Labute approximate surface area is 182 Å². The van der Waals surface area contributed by atoms with Gasteiger partial charge in [0.05, 0.1) is 16.3 Å². The van der Waals surface area contributed by atoms with Gasteiger partial charge in [0.1, 0.15) is 11.1 Å². The van der Waals surface area contributed by atoms with Gasteiger partial charge in [0.2, 0.25) is 0 Å². The fourth-order valence-corrected chi connectivity index (χ4v) is 4.88. The van der Waals surface area contributed by atoms with Crippen LogP contribution >= 0.6 is 11.3 Å². The van der Waals surface area contributed by atoms with E-state index in [1.807, 2.05) is 6.07 Å². The highest BCUT2D eigenvalue weighted by molar-refractivity contribution is 7.18. The second kappa shape index (κ2) is 10.3. The van der Waals surface area contributed by atoms with Crippen LogP contribution < -0.4 is 0 Å². The Bertz CT molecular complexity index is 943. The minimum atomic E-state index is -0.151. The molecule has 30 heavy (non-hydrogen) atoms. The molecule has 3 aromatic rings. The molecule has 1 unspecified atom stereocenters. The smallest absolute Gasteiger partial charge is 0.134 e. The number of likely N-dealkylation sites (tertiary alicyclic amines) is 1. The summed E-state index contributed by atoms with van der Waals surface area (Å²) in [6.07, 6.45) is 8.14. The summed E-state index contributed by atoms with van der Waals surface area (Å²) < 4.78 is 7.90. The zero-order valence-corrected chi connectivity index (χ0v) is 18.4. The molecular weight excluding hydrogens is 392 g/mol. The van der Waals surface area contributed by atoms with Crippen LogP contribution in [0, 0.1) is 0 Å². The monoisotopic (exact) mass is 422 g/mol. The molecule has 0 radical (unpaired) electrons. The van der Waals surface area contributed by atoms with Crippen molar-refractivity contribution in [1.82, 2.24) is 9.88 Å². The number of ether oxygens (including phenoxy) is 1. The summed E-state index contributed by atoms with van der Waals surface area (Å²) in [5, 5.41) is 10.0. The van der Waals surface area contributed by atoms with Crippen LogP contribution in [-0.4, -0.2) is 47.8 Å². The van der Waals surface area contributed by atoms with E-state index in [2.05, 4.69) is 66.6 Å².